The summed E-state index contributed by atoms with van der Waals surface area (Å²) in [6.45, 7) is 1.81. The molecule has 0 fully saturated rings. The molecule has 1 amide bonds. The zero-order valence-corrected chi connectivity index (χ0v) is 13.1. The van der Waals surface area contributed by atoms with Crippen molar-refractivity contribution in [1.29, 1.82) is 0 Å². The molecular weight excluding hydrogens is 309 g/mol. The lowest BCUT2D eigenvalue weighted by atomic mass is 10.1. The molecule has 2 rings (SSSR count). The monoisotopic (exact) mass is 323 g/mol. The average molecular weight is 324 g/mol. The van der Waals surface area contributed by atoms with Crippen LogP contribution >= 0.6 is 11.6 Å². The standard InChI is InChI=1S/C16H15ClFNO3/c1-9-6-13(15(22-3)8-11(9)17)19-16(20)10-4-5-14(21-2)12(18)7-10/h4-8H,1-3H3,(H,19,20). The maximum absolute atomic E-state index is 13.7. The second-order valence-corrected chi connectivity index (χ2v) is 5.01. The lowest BCUT2D eigenvalue weighted by Gasteiger charge is -2.12. The first-order valence-corrected chi connectivity index (χ1v) is 6.83. The smallest absolute Gasteiger partial charge is 0.255 e. The first-order valence-electron chi connectivity index (χ1n) is 6.45. The Bertz CT molecular complexity index is 719. The number of carbonyl (C=O) groups excluding carboxylic acids is 1. The summed E-state index contributed by atoms with van der Waals surface area (Å²) in [5, 5.41) is 3.21. The van der Waals surface area contributed by atoms with Gasteiger partial charge in [-0.1, -0.05) is 11.6 Å². The van der Waals surface area contributed by atoms with Crippen molar-refractivity contribution in [2.24, 2.45) is 0 Å². The van der Waals surface area contributed by atoms with E-state index in [1.165, 1.54) is 26.4 Å². The number of hydrogen-bond acceptors (Lipinski definition) is 3. The van der Waals surface area contributed by atoms with E-state index in [1.807, 2.05) is 6.92 Å². The summed E-state index contributed by atoms with van der Waals surface area (Å²) in [5.41, 5.74) is 1.43. The zero-order valence-electron chi connectivity index (χ0n) is 12.4. The number of halogens is 2. The number of benzene rings is 2. The summed E-state index contributed by atoms with van der Waals surface area (Å²) < 4.78 is 23.7. The highest BCUT2D eigenvalue weighted by molar-refractivity contribution is 6.31. The predicted molar refractivity (Wildman–Crippen MR) is 83.6 cm³/mol. The molecule has 0 unspecified atom stereocenters. The fourth-order valence-corrected chi connectivity index (χ4v) is 2.09. The lowest BCUT2D eigenvalue weighted by Crippen LogP contribution is -2.13. The van der Waals surface area contributed by atoms with E-state index >= 15 is 0 Å². The van der Waals surface area contributed by atoms with E-state index in [1.54, 1.807) is 12.1 Å². The first-order chi connectivity index (χ1) is 10.5. The normalized spacial score (nSPS) is 10.2. The summed E-state index contributed by atoms with van der Waals surface area (Å²) in [5.74, 6) is -0.551. The van der Waals surface area contributed by atoms with Crippen LogP contribution in [0, 0.1) is 12.7 Å². The quantitative estimate of drug-likeness (QED) is 0.923. The Balaban J connectivity index is 2.29. The van der Waals surface area contributed by atoms with E-state index in [0.29, 0.717) is 16.5 Å². The number of amides is 1. The summed E-state index contributed by atoms with van der Waals surface area (Å²) in [6, 6.07) is 7.30. The highest BCUT2D eigenvalue weighted by Gasteiger charge is 2.14. The zero-order chi connectivity index (χ0) is 16.3. The maximum Gasteiger partial charge on any atom is 0.255 e. The van der Waals surface area contributed by atoms with Crippen molar-refractivity contribution in [3.63, 3.8) is 0 Å². The molecule has 2 aromatic carbocycles. The van der Waals surface area contributed by atoms with Gasteiger partial charge in [-0.05, 0) is 36.8 Å². The van der Waals surface area contributed by atoms with Crippen LogP contribution < -0.4 is 14.8 Å². The third kappa shape index (κ3) is 3.31. The molecule has 2 aromatic rings. The van der Waals surface area contributed by atoms with Gasteiger partial charge in [-0.25, -0.2) is 4.39 Å². The number of methoxy groups -OCH3 is 2. The molecule has 0 saturated heterocycles. The number of rotatable bonds is 4. The molecule has 0 radical (unpaired) electrons. The summed E-state index contributed by atoms with van der Waals surface area (Å²) in [4.78, 5) is 12.2. The minimum Gasteiger partial charge on any atom is -0.495 e. The van der Waals surface area contributed by atoms with Gasteiger partial charge in [0.2, 0.25) is 0 Å². The van der Waals surface area contributed by atoms with Gasteiger partial charge in [0.15, 0.2) is 11.6 Å². The Kier molecular flexibility index (Phi) is 4.88. The van der Waals surface area contributed by atoms with Gasteiger partial charge < -0.3 is 14.8 Å². The second kappa shape index (κ2) is 6.66. The van der Waals surface area contributed by atoms with Crippen LogP contribution in [-0.4, -0.2) is 20.1 Å². The van der Waals surface area contributed by atoms with Crippen molar-refractivity contribution in [2.45, 2.75) is 6.92 Å². The molecule has 6 heteroatoms. The van der Waals surface area contributed by atoms with Crippen molar-refractivity contribution in [3.8, 4) is 11.5 Å². The number of nitrogens with one attached hydrogen (secondary N) is 1. The van der Waals surface area contributed by atoms with Gasteiger partial charge in [-0.2, -0.15) is 0 Å². The number of anilines is 1. The summed E-state index contributed by atoms with van der Waals surface area (Å²) >= 11 is 6.02. The molecule has 0 bridgehead atoms. The Morgan fingerprint density at radius 2 is 1.82 bits per heavy atom. The molecule has 0 aliphatic rings. The van der Waals surface area contributed by atoms with E-state index in [2.05, 4.69) is 5.32 Å². The molecule has 4 nitrogen and oxygen atoms in total. The van der Waals surface area contributed by atoms with Gasteiger partial charge in [0.05, 0.1) is 19.9 Å². The number of carbonyl (C=O) groups is 1. The first kappa shape index (κ1) is 16.1. The summed E-state index contributed by atoms with van der Waals surface area (Å²) in [6.07, 6.45) is 0. The number of hydrogen-bond donors (Lipinski definition) is 1. The molecule has 0 aromatic heterocycles. The van der Waals surface area contributed by atoms with Crippen LogP contribution in [0.5, 0.6) is 11.5 Å². The van der Waals surface area contributed by atoms with E-state index < -0.39 is 11.7 Å². The Morgan fingerprint density at radius 1 is 1.14 bits per heavy atom. The van der Waals surface area contributed by atoms with Crippen LogP contribution in [0.3, 0.4) is 0 Å². The molecule has 22 heavy (non-hydrogen) atoms. The van der Waals surface area contributed by atoms with Crippen molar-refractivity contribution in [3.05, 3.63) is 52.3 Å². The molecule has 116 valence electrons. The van der Waals surface area contributed by atoms with Crippen molar-refractivity contribution in [2.75, 3.05) is 19.5 Å². The topological polar surface area (TPSA) is 47.6 Å². The Labute approximate surface area is 132 Å². The fourth-order valence-electron chi connectivity index (χ4n) is 1.93. The molecule has 1 N–H and O–H groups in total. The summed E-state index contributed by atoms with van der Waals surface area (Å²) in [7, 11) is 2.84. The molecule has 0 aliphatic heterocycles. The van der Waals surface area contributed by atoms with Crippen molar-refractivity contribution >= 4 is 23.2 Å². The van der Waals surface area contributed by atoms with E-state index in [0.717, 1.165) is 11.6 Å². The van der Waals surface area contributed by atoms with Crippen LogP contribution in [0.2, 0.25) is 5.02 Å². The van der Waals surface area contributed by atoms with Crippen LogP contribution in [0.4, 0.5) is 10.1 Å². The van der Waals surface area contributed by atoms with Crippen LogP contribution in [0.1, 0.15) is 15.9 Å². The van der Waals surface area contributed by atoms with Gasteiger partial charge in [-0.3, -0.25) is 4.79 Å². The molecule has 0 spiro atoms. The number of aryl methyl sites for hydroxylation is 1. The van der Waals surface area contributed by atoms with E-state index in [4.69, 9.17) is 21.1 Å². The Hall–Kier alpha value is -2.27. The van der Waals surface area contributed by atoms with Gasteiger partial charge in [-0.15, -0.1) is 0 Å². The maximum atomic E-state index is 13.7. The van der Waals surface area contributed by atoms with Crippen LogP contribution in [0.15, 0.2) is 30.3 Å². The minimum atomic E-state index is -0.602. The average Bonchev–Trinajstić information content (AvgIpc) is 2.50. The van der Waals surface area contributed by atoms with E-state index in [-0.39, 0.29) is 11.3 Å². The Morgan fingerprint density at radius 3 is 2.41 bits per heavy atom. The largest absolute Gasteiger partial charge is 0.495 e. The third-order valence-electron chi connectivity index (χ3n) is 3.14. The second-order valence-electron chi connectivity index (χ2n) is 4.61. The van der Waals surface area contributed by atoms with Crippen LogP contribution in [0.25, 0.3) is 0 Å². The fraction of sp³-hybridized carbons (Fsp3) is 0.188. The molecule has 0 saturated carbocycles. The molecule has 0 atom stereocenters. The highest BCUT2D eigenvalue weighted by Crippen LogP contribution is 2.31. The van der Waals surface area contributed by atoms with Crippen molar-refractivity contribution < 1.29 is 18.7 Å². The van der Waals surface area contributed by atoms with Gasteiger partial charge in [0, 0.05) is 16.7 Å². The lowest BCUT2D eigenvalue weighted by molar-refractivity contribution is 0.102. The van der Waals surface area contributed by atoms with Crippen LogP contribution in [-0.2, 0) is 0 Å². The third-order valence-corrected chi connectivity index (χ3v) is 3.55. The molecule has 0 heterocycles. The van der Waals surface area contributed by atoms with Gasteiger partial charge >= 0.3 is 0 Å². The van der Waals surface area contributed by atoms with Gasteiger partial charge in [0.1, 0.15) is 5.75 Å². The minimum absolute atomic E-state index is 0.0801. The SMILES string of the molecule is COc1ccc(C(=O)Nc2cc(C)c(Cl)cc2OC)cc1F. The molecular formula is C16H15ClFNO3. The van der Waals surface area contributed by atoms with Gasteiger partial charge in [0.25, 0.3) is 5.91 Å². The predicted octanol–water partition coefficient (Wildman–Crippen LogP) is 4.06. The highest BCUT2D eigenvalue weighted by atomic mass is 35.5. The van der Waals surface area contributed by atoms with E-state index in [9.17, 15) is 9.18 Å². The molecule has 0 aliphatic carbocycles. The van der Waals surface area contributed by atoms with Crippen molar-refractivity contribution in [1.82, 2.24) is 0 Å². The number of ether oxygens (including phenoxy) is 2.